The van der Waals surface area contributed by atoms with Crippen molar-refractivity contribution in [2.75, 3.05) is 13.6 Å². The van der Waals surface area contributed by atoms with Gasteiger partial charge in [0.2, 0.25) is 0 Å². The summed E-state index contributed by atoms with van der Waals surface area (Å²) in [6.45, 7) is 6.48. The highest BCUT2D eigenvalue weighted by molar-refractivity contribution is 14.0. The highest BCUT2D eigenvalue weighted by atomic mass is 127. The molecular formula is C13H22F3IN4S. The van der Waals surface area contributed by atoms with Crippen LogP contribution in [0.1, 0.15) is 37.9 Å². The minimum atomic E-state index is -4.16. The molecule has 0 fully saturated rings. The standard InChI is InChI=1S/C13H21F3N4S.HI/c1-12(2,3)9-8-21-10(20-9)7-19-11(17-4)18-6-5-13(14,15)16;/h8H,5-7H2,1-4H3,(H2,17,18,19);1H. The minimum Gasteiger partial charge on any atom is -0.356 e. The average molecular weight is 450 g/mol. The van der Waals surface area contributed by atoms with E-state index in [4.69, 9.17) is 0 Å². The van der Waals surface area contributed by atoms with Crippen LogP contribution in [0.15, 0.2) is 10.4 Å². The summed E-state index contributed by atoms with van der Waals surface area (Å²) in [5, 5.41) is 8.46. The zero-order valence-corrected chi connectivity index (χ0v) is 16.2. The van der Waals surface area contributed by atoms with Gasteiger partial charge in [0.15, 0.2) is 5.96 Å². The van der Waals surface area contributed by atoms with Gasteiger partial charge in [-0.3, -0.25) is 4.99 Å². The molecule has 1 aromatic heterocycles. The van der Waals surface area contributed by atoms with Crippen molar-refractivity contribution in [2.45, 2.75) is 45.3 Å². The number of aromatic nitrogens is 1. The van der Waals surface area contributed by atoms with Crippen molar-refractivity contribution < 1.29 is 13.2 Å². The van der Waals surface area contributed by atoms with E-state index in [1.807, 2.05) is 5.38 Å². The summed E-state index contributed by atoms with van der Waals surface area (Å²) in [7, 11) is 1.52. The predicted octanol–water partition coefficient (Wildman–Crippen LogP) is 3.68. The van der Waals surface area contributed by atoms with E-state index < -0.39 is 12.6 Å². The number of thiazole rings is 1. The summed E-state index contributed by atoms with van der Waals surface area (Å²) >= 11 is 1.52. The highest BCUT2D eigenvalue weighted by Gasteiger charge is 2.26. The molecular weight excluding hydrogens is 428 g/mol. The minimum absolute atomic E-state index is 0. The zero-order chi connectivity index (χ0) is 16.1. The van der Waals surface area contributed by atoms with Gasteiger partial charge in [-0.05, 0) is 0 Å². The van der Waals surface area contributed by atoms with E-state index in [1.165, 1.54) is 18.4 Å². The maximum atomic E-state index is 12.1. The van der Waals surface area contributed by atoms with Crippen LogP contribution in [0.4, 0.5) is 13.2 Å². The van der Waals surface area contributed by atoms with Crippen molar-refractivity contribution in [2.24, 2.45) is 4.99 Å². The van der Waals surface area contributed by atoms with E-state index in [-0.39, 0.29) is 35.9 Å². The fourth-order valence-corrected chi connectivity index (χ4v) is 2.40. The van der Waals surface area contributed by atoms with E-state index in [9.17, 15) is 13.2 Å². The predicted molar refractivity (Wildman–Crippen MR) is 95.1 cm³/mol. The van der Waals surface area contributed by atoms with Crippen molar-refractivity contribution in [3.05, 3.63) is 16.1 Å². The average Bonchev–Trinajstić information content (AvgIpc) is 2.80. The van der Waals surface area contributed by atoms with Crippen molar-refractivity contribution >= 4 is 41.3 Å². The van der Waals surface area contributed by atoms with Crippen LogP contribution in [0.25, 0.3) is 0 Å². The van der Waals surface area contributed by atoms with E-state index in [0.717, 1.165) is 10.7 Å². The van der Waals surface area contributed by atoms with Crippen LogP contribution in [0.2, 0.25) is 0 Å². The molecule has 1 rings (SSSR count). The Morgan fingerprint density at radius 2 is 1.91 bits per heavy atom. The lowest BCUT2D eigenvalue weighted by Crippen LogP contribution is -2.38. The van der Waals surface area contributed by atoms with Crippen molar-refractivity contribution in [3.63, 3.8) is 0 Å². The Morgan fingerprint density at radius 1 is 1.27 bits per heavy atom. The smallest absolute Gasteiger partial charge is 0.356 e. The van der Waals surface area contributed by atoms with Crippen LogP contribution in [0.5, 0.6) is 0 Å². The second kappa shape index (κ2) is 8.90. The Morgan fingerprint density at radius 3 is 2.36 bits per heavy atom. The van der Waals surface area contributed by atoms with Gasteiger partial charge in [0.1, 0.15) is 5.01 Å². The summed E-state index contributed by atoms with van der Waals surface area (Å²) in [5.74, 6) is 0.340. The first-order valence-electron chi connectivity index (χ1n) is 6.58. The first-order valence-corrected chi connectivity index (χ1v) is 7.46. The van der Waals surface area contributed by atoms with Crippen LogP contribution in [-0.2, 0) is 12.0 Å². The molecule has 128 valence electrons. The van der Waals surface area contributed by atoms with Gasteiger partial charge in [0.05, 0.1) is 18.7 Å². The summed E-state index contributed by atoms with van der Waals surface area (Å²) < 4.78 is 36.2. The molecule has 22 heavy (non-hydrogen) atoms. The van der Waals surface area contributed by atoms with Crippen molar-refractivity contribution in [1.82, 2.24) is 15.6 Å². The van der Waals surface area contributed by atoms with Crippen molar-refractivity contribution in [3.8, 4) is 0 Å². The Kier molecular flexibility index (Phi) is 8.66. The van der Waals surface area contributed by atoms with E-state index >= 15 is 0 Å². The van der Waals surface area contributed by atoms with E-state index in [0.29, 0.717) is 12.5 Å². The molecule has 0 aliphatic heterocycles. The lowest BCUT2D eigenvalue weighted by Gasteiger charge is -2.14. The molecule has 0 saturated carbocycles. The molecule has 1 heterocycles. The molecule has 0 aliphatic carbocycles. The number of aliphatic imine (C=N–C) groups is 1. The third-order valence-corrected chi connectivity index (χ3v) is 3.50. The molecule has 0 bridgehead atoms. The Bertz CT molecular complexity index is 480. The molecule has 1 aromatic rings. The van der Waals surface area contributed by atoms with E-state index in [1.54, 1.807) is 0 Å². The molecule has 0 aromatic carbocycles. The topological polar surface area (TPSA) is 49.3 Å². The van der Waals surface area contributed by atoms with Gasteiger partial charge in [-0.1, -0.05) is 20.8 Å². The third kappa shape index (κ3) is 8.16. The van der Waals surface area contributed by atoms with Gasteiger partial charge in [-0.25, -0.2) is 4.98 Å². The molecule has 0 atom stereocenters. The van der Waals surface area contributed by atoms with Crippen LogP contribution >= 0.6 is 35.3 Å². The largest absolute Gasteiger partial charge is 0.390 e. The molecule has 0 amide bonds. The monoisotopic (exact) mass is 450 g/mol. The molecule has 0 aliphatic rings. The SMILES string of the molecule is CN=C(NCCC(F)(F)F)NCc1nc(C(C)(C)C)cs1.I. The molecule has 2 N–H and O–H groups in total. The maximum Gasteiger partial charge on any atom is 0.390 e. The molecule has 4 nitrogen and oxygen atoms in total. The van der Waals surface area contributed by atoms with Gasteiger partial charge >= 0.3 is 6.18 Å². The normalized spacial score (nSPS) is 12.8. The summed E-state index contributed by atoms with van der Waals surface area (Å²) in [5.41, 5.74) is 0.991. The lowest BCUT2D eigenvalue weighted by molar-refractivity contribution is -0.132. The Hall–Kier alpha value is -0.580. The Balaban J connectivity index is 0.00000441. The first-order chi connectivity index (χ1) is 9.62. The molecule has 0 radical (unpaired) electrons. The number of halogens is 4. The second-order valence-electron chi connectivity index (χ2n) is 5.59. The zero-order valence-electron chi connectivity index (χ0n) is 13.0. The van der Waals surface area contributed by atoms with Gasteiger partial charge in [0.25, 0.3) is 0 Å². The van der Waals surface area contributed by atoms with Crippen molar-refractivity contribution in [1.29, 1.82) is 0 Å². The number of nitrogens with zero attached hydrogens (tertiary/aromatic N) is 2. The van der Waals surface area contributed by atoms with Crippen LogP contribution in [0.3, 0.4) is 0 Å². The van der Waals surface area contributed by atoms with Crippen LogP contribution < -0.4 is 10.6 Å². The lowest BCUT2D eigenvalue weighted by atomic mass is 9.93. The van der Waals surface area contributed by atoms with Gasteiger partial charge in [-0.2, -0.15) is 13.2 Å². The van der Waals surface area contributed by atoms with Gasteiger partial charge in [-0.15, -0.1) is 35.3 Å². The molecule has 0 unspecified atom stereocenters. The first kappa shape index (κ1) is 21.4. The van der Waals surface area contributed by atoms with Gasteiger partial charge < -0.3 is 10.6 Å². The summed E-state index contributed by atoms with van der Waals surface area (Å²) in [6.07, 6.45) is -5.05. The number of rotatable bonds is 4. The molecule has 0 saturated heterocycles. The Labute approximate surface area is 150 Å². The van der Waals surface area contributed by atoms with E-state index in [2.05, 4.69) is 41.4 Å². The molecule has 0 spiro atoms. The fraction of sp³-hybridized carbons (Fsp3) is 0.692. The molecule has 9 heteroatoms. The fourth-order valence-electron chi connectivity index (χ4n) is 1.44. The number of alkyl halides is 3. The number of nitrogens with one attached hydrogen (secondary N) is 2. The summed E-state index contributed by atoms with van der Waals surface area (Å²) in [6, 6.07) is 0. The highest BCUT2D eigenvalue weighted by Crippen LogP contribution is 2.23. The van der Waals surface area contributed by atoms with Crippen LogP contribution in [-0.4, -0.2) is 30.7 Å². The second-order valence-corrected chi connectivity index (χ2v) is 6.54. The number of hydrogen-bond acceptors (Lipinski definition) is 3. The van der Waals surface area contributed by atoms with Gasteiger partial charge in [0, 0.05) is 24.4 Å². The third-order valence-electron chi connectivity index (χ3n) is 2.65. The number of guanidine groups is 1. The van der Waals surface area contributed by atoms with Crippen LogP contribution in [0, 0.1) is 0 Å². The number of hydrogen-bond donors (Lipinski definition) is 2. The quantitative estimate of drug-likeness (QED) is 0.418. The summed E-state index contributed by atoms with van der Waals surface area (Å²) in [4.78, 5) is 8.38. The maximum absolute atomic E-state index is 12.1.